The Morgan fingerprint density at radius 3 is 2.51 bits per heavy atom. The number of nitrogens with one attached hydrogen (secondary N) is 1. The number of carbonyl (C=O) groups excluding carboxylic acids is 1. The normalized spacial score (nSPS) is 17.3. The number of aromatic amines is 1. The molecule has 1 unspecified atom stereocenters. The molecule has 1 saturated heterocycles. The molecule has 1 aliphatic heterocycles. The predicted molar refractivity (Wildman–Crippen MR) is 148 cm³/mol. The summed E-state index contributed by atoms with van der Waals surface area (Å²) in [6.07, 6.45) is 6.01. The Balaban J connectivity index is 1.27. The highest BCUT2D eigenvalue weighted by Crippen LogP contribution is 2.39. The van der Waals surface area contributed by atoms with Crippen LogP contribution in [0.4, 0.5) is 0 Å². The van der Waals surface area contributed by atoms with E-state index in [-0.39, 0.29) is 17.4 Å². The van der Waals surface area contributed by atoms with Gasteiger partial charge >= 0.3 is 0 Å². The molecule has 6 heteroatoms. The van der Waals surface area contributed by atoms with E-state index in [4.69, 9.17) is 0 Å². The SMILES string of the molecule is CC(C)C(CC(=O)N(C)CCCN1CCC(c2cccs2)(N(C)C)CC1)c1c[nH]c2ccccc12. The van der Waals surface area contributed by atoms with Gasteiger partial charge in [-0.2, -0.15) is 0 Å². The summed E-state index contributed by atoms with van der Waals surface area (Å²) in [6, 6.07) is 12.9. The van der Waals surface area contributed by atoms with E-state index >= 15 is 0 Å². The van der Waals surface area contributed by atoms with Crippen molar-refractivity contribution in [3.05, 3.63) is 58.4 Å². The fourth-order valence-electron chi connectivity index (χ4n) is 5.71. The van der Waals surface area contributed by atoms with Gasteiger partial charge in [-0.1, -0.05) is 38.1 Å². The molecule has 5 nitrogen and oxygen atoms in total. The molecule has 1 amide bonds. The highest BCUT2D eigenvalue weighted by molar-refractivity contribution is 7.10. The third kappa shape index (κ3) is 5.65. The number of thiophene rings is 1. The van der Waals surface area contributed by atoms with E-state index in [2.05, 4.69) is 90.7 Å². The van der Waals surface area contributed by atoms with Crippen LogP contribution in [-0.2, 0) is 10.3 Å². The maximum atomic E-state index is 13.2. The van der Waals surface area contributed by atoms with E-state index in [1.54, 1.807) is 0 Å². The molecule has 0 saturated carbocycles. The lowest BCUT2D eigenvalue weighted by molar-refractivity contribution is -0.130. The molecule has 0 spiro atoms. The van der Waals surface area contributed by atoms with Crippen LogP contribution in [0.25, 0.3) is 10.9 Å². The van der Waals surface area contributed by atoms with Crippen molar-refractivity contribution in [2.24, 2.45) is 5.92 Å². The Labute approximate surface area is 215 Å². The van der Waals surface area contributed by atoms with Gasteiger partial charge in [-0.25, -0.2) is 0 Å². The van der Waals surface area contributed by atoms with Crippen molar-refractivity contribution >= 4 is 28.1 Å². The van der Waals surface area contributed by atoms with Crippen LogP contribution in [0.3, 0.4) is 0 Å². The lowest BCUT2D eigenvalue weighted by Crippen LogP contribution is -2.50. The van der Waals surface area contributed by atoms with Gasteiger partial charge in [0.25, 0.3) is 0 Å². The molecule has 35 heavy (non-hydrogen) atoms. The molecule has 3 aromatic rings. The fourth-order valence-corrected chi connectivity index (χ4v) is 6.78. The highest BCUT2D eigenvalue weighted by atomic mass is 32.1. The first kappa shape index (κ1) is 25.9. The number of aromatic nitrogens is 1. The summed E-state index contributed by atoms with van der Waals surface area (Å²) in [7, 11) is 6.41. The van der Waals surface area contributed by atoms with E-state index in [0.29, 0.717) is 12.3 Å². The van der Waals surface area contributed by atoms with Gasteiger partial charge in [-0.15, -0.1) is 11.3 Å². The number of hydrogen-bond acceptors (Lipinski definition) is 4. The van der Waals surface area contributed by atoms with Crippen molar-refractivity contribution < 1.29 is 4.79 Å². The first-order chi connectivity index (χ1) is 16.8. The molecule has 0 bridgehead atoms. The minimum absolute atomic E-state index is 0.172. The molecule has 1 fully saturated rings. The maximum Gasteiger partial charge on any atom is 0.222 e. The number of rotatable bonds is 10. The minimum atomic E-state index is 0.172. The Hall–Kier alpha value is -2.15. The van der Waals surface area contributed by atoms with E-state index in [1.807, 2.05) is 23.3 Å². The molecular weight excluding hydrogens is 452 g/mol. The van der Waals surface area contributed by atoms with Crippen LogP contribution in [0.1, 0.15) is 55.9 Å². The van der Waals surface area contributed by atoms with E-state index in [1.165, 1.54) is 15.8 Å². The van der Waals surface area contributed by atoms with Gasteiger partial charge in [-0.3, -0.25) is 9.69 Å². The summed E-state index contributed by atoms with van der Waals surface area (Å²) in [5.41, 5.74) is 2.58. The average molecular weight is 495 g/mol. The number of benzene rings is 1. The highest BCUT2D eigenvalue weighted by Gasteiger charge is 2.38. The number of likely N-dealkylation sites (tertiary alicyclic amines) is 1. The van der Waals surface area contributed by atoms with Crippen molar-refractivity contribution in [1.82, 2.24) is 19.7 Å². The lowest BCUT2D eigenvalue weighted by Gasteiger charge is -2.46. The van der Waals surface area contributed by atoms with Crippen LogP contribution in [0.2, 0.25) is 0 Å². The second kappa shape index (κ2) is 11.3. The third-order valence-corrected chi connectivity index (χ3v) is 9.20. The first-order valence-electron chi connectivity index (χ1n) is 13.1. The number of fused-ring (bicyclic) bond motifs is 1. The van der Waals surface area contributed by atoms with E-state index in [9.17, 15) is 4.79 Å². The van der Waals surface area contributed by atoms with Crippen molar-refractivity contribution in [2.75, 3.05) is 47.3 Å². The van der Waals surface area contributed by atoms with Crippen molar-refractivity contribution in [1.29, 1.82) is 0 Å². The smallest absolute Gasteiger partial charge is 0.222 e. The fraction of sp³-hybridized carbons (Fsp3) is 0.552. The molecule has 190 valence electrons. The standard InChI is InChI=1S/C29H42N4OS/c1-22(2)24(25-21-30-26-11-7-6-10-23(25)26)20-28(34)32(5)15-9-16-33-17-13-29(14-18-33,31(3)4)27-12-8-19-35-27/h6-8,10-12,19,21-22,24,30H,9,13-18,20H2,1-5H3. The largest absolute Gasteiger partial charge is 0.361 e. The number of amides is 1. The Bertz CT molecular complexity index is 1080. The molecule has 4 rings (SSSR count). The van der Waals surface area contributed by atoms with Crippen LogP contribution in [-0.4, -0.2) is 72.9 Å². The Kier molecular flexibility index (Phi) is 8.35. The number of carbonyl (C=O) groups is 1. The summed E-state index contributed by atoms with van der Waals surface area (Å²) in [5, 5.41) is 3.44. The van der Waals surface area contributed by atoms with Crippen LogP contribution < -0.4 is 0 Å². The molecule has 2 aromatic heterocycles. The molecule has 1 N–H and O–H groups in total. The van der Waals surface area contributed by atoms with Crippen LogP contribution >= 0.6 is 11.3 Å². The van der Waals surface area contributed by atoms with Gasteiger partial charge in [-0.05, 0) is 74.8 Å². The zero-order valence-electron chi connectivity index (χ0n) is 22.1. The number of hydrogen-bond donors (Lipinski definition) is 1. The summed E-state index contributed by atoms with van der Waals surface area (Å²) in [4.78, 5) is 25.0. The van der Waals surface area contributed by atoms with Gasteiger partial charge in [0.15, 0.2) is 0 Å². The number of para-hydroxylation sites is 1. The van der Waals surface area contributed by atoms with Gasteiger partial charge in [0, 0.05) is 55.1 Å². The predicted octanol–water partition coefficient (Wildman–Crippen LogP) is 5.76. The molecule has 1 aliphatic rings. The number of H-pyrrole nitrogens is 1. The molecular formula is C29H42N4OS. The summed E-state index contributed by atoms with van der Waals surface area (Å²) >= 11 is 1.88. The minimum Gasteiger partial charge on any atom is -0.361 e. The second-order valence-electron chi connectivity index (χ2n) is 10.8. The monoisotopic (exact) mass is 494 g/mol. The quantitative estimate of drug-likeness (QED) is 0.390. The zero-order valence-corrected chi connectivity index (χ0v) is 22.9. The maximum absolute atomic E-state index is 13.2. The molecule has 0 radical (unpaired) electrons. The molecule has 1 aromatic carbocycles. The number of piperidine rings is 1. The van der Waals surface area contributed by atoms with Crippen LogP contribution in [0, 0.1) is 5.92 Å². The topological polar surface area (TPSA) is 42.6 Å². The molecule has 3 heterocycles. The number of nitrogens with zero attached hydrogens (tertiary/aromatic N) is 3. The van der Waals surface area contributed by atoms with Gasteiger partial charge in [0.2, 0.25) is 5.91 Å². The lowest BCUT2D eigenvalue weighted by atomic mass is 9.84. The van der Waals surface area contributed by atoms with Gasteiger partial charge in [0.1, 0.15) is 0 Å². The van der Waals surface area contributed by atoms with Crippen LogP contribution in [0.15, 0.2) is 48.0 Å². The second-order valence-corrected chi connectivity index (χ2v) is 11.7. The van der Waals surface area contributed by atoms with Gasteiger partial charge < -0.3 is 14.8 Å². The summed E-state index contributed by atoms with van der Waals surface area (Å²) in [6.45, 7) is 8.55. The van der Waals surface area contributed by atoms with Gasteiger partial charge in [0.05, 0.1) is 5.54 Å². The summed E-state index contributed by atoms with van der Waals surface area (Å²) in [5.74, 6) is 0.872. The zero-order chi connectivity index (χ0) is 25.0. The summed E-state index contributed by atoms with van der Waals surface area (Å²) < 4.78 is 0. The van der Waals surface area contributed by atoms with E-state index < -0.39 is 0 Å². The van der Waals surface area contributed by atoms with Crippen molar-refractivity contribution in [2.45, 2.75) is 51.0 Å². The van der Waals surface area contributed by atoms with E-state index in [0.717, 1.165) is 51.0 Å². The Morgan fingerprint density at radius 2 is 1.86 bits per heavy atom. The van der Waals surface area contributed by atoms with Crippen molar-refractivity contribution in [3.8, 4) is 0 Å². The van der Waals surface area contributed by atoms with Crippen molar-refractivity contribution in [3.63, 3.8) is 0 Å². The first-order valence-corrected chi connectivity index (χ1v) is 13.9. The molecule has 1 atom stereocenters. The Morgan fingerprint density at radius 1 is 1.11 bits per heavy atom. The molecule has 0 aliphatic carbocycles. The van der Waals surface area contributed by atoms with Crippen LogP contribution in [0.5, 0.6) is 0 Å². The average Bonchev–Trinajstić information content (AvgIpc) is 3.53. The third-order valence-electron chi connectivity index (χ3n) is 8.13.